The molecular weight excluding hydrogens is 262 g/mol. The molecule has 0 aliphatic carbocycles. The van der Waals surface area contributed by atoms with E-state index in [0.717, 1.165) is 12.0 Å². The second-order valence-electron chi connectivity index (χ2n) is 3.61. The molecule has 8 heteroatoms. The fraction of sp³-hybridized carbons (Fsp3) is 0.364. The van der Waals surface area contributed by atoms with Crippen LogP contribution in [0, 0.1) is 21.7 Å². The van der Waals surface area contributed by atoms with Gasteiger partial charge < -0.3 is 9.64 Å². The van der Waals surface area contributed by atoms with Crippen LogP contribution in [0.5, 0.6) is 0 Å². The van der Waals surface area contributed by atoms with E-state index in [-0.39, 0.29) is 13.1 Å². The lowest BCUT2D eigenvalue weighted by Crippen LogP contribution is -2.31. The highest BCUT2D eigenvalue weighted by atomic mass is 19.1. The lowest BCUT2D eigenvalue weighted by atomic mass is 10.2. The maximum Gasteiger partial charge on any atom is 0.325 e. The first kappa shape index (κ1) is 14.8. The predicted molar refractivity (Wildman–Crippen MR) is 62.9 cm³/mol. The van der Waals surface area contributed by atoms with Crippen LogP contribution in [0.4, 0.5) is 20.2 Å². The van der Waals surface area contributed by atoms with Crippen LogP contribution in [-0.2, 0) is 9.53 Å². The number of methoxy groups -OCH3 is 1. The summed E-state index contributed by atoms with van der Waals surface area (Å²) in [7, 11) is 1.15. The number of carbonyl (C=O) groups excluding carboxylic acids is 1. The molecule has 0 spiro atoms. The van der Waals surface area contributed by atoms with Gasteiger partial charge in [-0.1, -0.05) is 0 Å². The van der Waals surface area contributed by atoms with Gasteiger partial charge in [-0.05, 0) is 6.92 Å². The van der Waals surface area contributed by atoms with Crippen molar-refractivity contribution in [3.05, 3.63) is 33.9 Å². The number of hydrogen-bond donors (Lipinski definition) is 0. The van der Waals surface area contributed by atoms with Gasteiger partial charge in [-0.15, -0.1) is 0 Å². The van der Waals surface area contributed by atoms with Crippen LogP contribution in [0.3, 0.4) is 0 Å². The van der Waals surface area contributed by atoms with Crippen molar-refractivity contribution in [3.8, 4) is 0 Å². The lowest BCUT2D eigenvalue weighted by Gasteiger charge is -2.22. The van der Waals surface area contributed by atoms with Crippen LogP contribution < -0.4 is 4.90 Å². The van der Waals surface area contributed by atoms with Gasteiger partial charge in [0.25, 0.3) is 5.69 Å². The molecule has 6 nitrogen and oxygen atoms in total. The molecule has 1 aromatic carbocycles. The maximum atomic E-state index is 13.7. The average Bonchev–Trinajstić information content (AvgIpc) is 2.35. The fourth-order valence-electron chi connectivity index (χ4n) is 1.53. The van der Waals surface area contributed by atoms with Crippen molar-refractivity contribution in [2.45, 2.75) is 6.92 Å². The van der Waals surface area contributed by atoms with E-state index >= 15 is 0 Å². The first-order valence-corrected chi connectivity index (χ1v) is 5.35. The van der Waals surface area contributed by atoms with Gasteiger partial charge in [0.15, 0.2) is 11.6 Å². The second-order valence-corrected chi connectivity index (χ2v) is 3.61. The van der Waals surface area contributed by atoms with Crippen molar-refractivity contribution in [2.24, 2.45) is 0 Å². The highest BCUT2D eigenvalue weighted by Crippen LogP contribution is 2.27. The molecule has 0 atom stereocenters. The summed E-state index contributed by atoms with van der Waals surface area (Å²) in [6.45, 7) is 1.38. The van der Waals surface area contributed by atoms with Gasteiger partial charge in [0, 0.05) is 6.54 Å². The molecule has 1 aromatic rings. The standard InChI is InChI=1S/C11H12F2N2O4/c1-3-14(6-10(16)19-2)11-8(12)4-7(15(17)18)5-9(11)13/h4-5H,3,6H2,1-2H3. The summed E-state index contributed by atoms with van der Waals surface area (Å²) in [6.07, 6.45) is 0. The third-order valence-electron chi connectivity index (χ3n) is 2.46. The van der Waals surface area contributed by atoms with Gasteiger partial charge >= 0.3 is 5.97 Å². The molecule has 0 aliphatic heterocycles. The summed E-state index contributed by atoms with van der Waals surface area (Å²) in [5, 5.41) is 10.5. The van der Waals surface area contributed by atoms with E-state index in [1.165, 1.54) is 0 Å². The van der Waals surface area contributed by atoms with Gasteiger partial charge in [0.05, 0.1) is 24.2 Å². The molecule has 0 fully saturated rings. The monoisotopic (exact) mass is 274 g/mol. The SMILES string of the molecule is CCN(CC(=O)OC)c1c(F)cc([N+](=O)[O-])cc1F. The zero-order valence-electron chi connectivity index (χ0n) is 10.4. The number of nitro groups is 1. The molecule has 104 valence electrons. The molecule has 0 saturated heterocycles. The Hall–Kier alpha value is -2.25. The van der Waals surface area contributed by atoms with Crippen molar-refractivity contribution >= 4 is 17.3 Å². The lowest BCUT2D eigenvalue weighted by molar-refractivity contribution is -0.385. The molecule has 0 saturated carbocycles. The summed E-state index contributed by atoms with van der Waals surface area (Å²) < 4.78 is 31.9. The number of benzene rings is 1. The number of rotatable bonds is 5. The molecule has 19 heavy (non-hydrogen) atoms. The third-order valence-corrected chi connectivity index (χ3v) is 2.46. The number of esters is 1. The Labute approximate surface area is 107 Å². The molecule has 0 aliphatic rings. The van der Waals surface area contributed by atoms with E-state index in [2.05, 4.69) is 4.74 Å². The summed E-state index contributed by atoms with van der Waals surface area (Å²) >= 11 is 0. The number of likely N-dealkylation sites (N-methyl/N-ethyl adjacent to an activating group) is 1. The van der Waals surface area contributed by atoms with Crippen molar-refractivity contribution in [3.63, 3.8) is 0 Å². The Morgan fingerprint density at radius 3 is 2.32 bits per heavy atom. The molecule has 0 N–H and O–H groups in total. The summed E-state index contributed by atoms with van der Waals surface area (Å²) in [4.78, 5) is 21.8. The number of halogens is 2. The number of hydrogen-bond acceptors (Lipinski definition) is 5. The summed E-state index contributed by atoms with van der Waals surface area (Å²) in [6, 6.07) is 1.22. The zero-order chi connectivity index (χ0) is 14.6. The van der Waals surface area contributed by atoms with Crippen LogP contribution in [0.1, 0.15) is 6.92 Å². The van der Waals surface area contributed by atoms with Crippen LogP contribution in [0.2, 0.25) is 0 Å². The van der Waals surface area contributed by atoms with Gasteiger partial charge in [0.2, 0.25) is 0 Å². The molecular formula is C11H12F2N2O4. The van der Waals surface area contributed by atoms with Gasteiger partial charge in [-0.3, -0.25) is 14.9 Å². The minimum Gasteiger partial charge on any atom is -0.468 e. The third kappa shape index (κ3) is 3.36. The Bertz CT molecular complexity index is 484. The van der Waals surface area contributed by atoms with Crippen LogP contribution in [-0.4, -0.2) is 31.1 Å². The highest BCUT2D eigenvalue weighted by Gasteiger charge is 2.22. The average molecular weight is 274 g/mol. The van der Waals surface area contributed by atoms with E-state index in [4.69, 9.17) is 0 Å². The van der Waals surface area contributed by atoms with Gasteiger partial charge in [-0.25, -0.2) is 8.78 Å². The zero-order valence-corrected chi connectivity index (χ0v) is 10.4. The van der Waals surface area contributed by atoms with E-state index in [9.17, 15) is 23.7 Å². The number of carbonyl (C=O) groups is 1. The van der Waals surface area contributed by atoms with Crippen molar-refractivity contribution in [1.82, 2.24) is 0 Å². The normalized spacial score (nSPS) is 10.1. The Morgan fingerprint density at radius 1 is 1.42 bits per heavy atom. The van der Waals surface area contributed by atoms with Gasteiger partial charge in [-0.2, -0.15) is 0 Å². The molecule has 0 unspecified atom stereocenters. The maximum absolute atomic E-state index is 13.7. The van der Waals surface area contributed by atoms with Crippen LogP contribution in [0.15, 0.2) is 12.1 Å². The minimum atomic E-state index is -1.10. The van der Waals surface area contributed by atoms with Crippen molar-refractivity contribution < 1.29 is 23.2 Å². The number of nitro benzene ring substituents is 1. The number of non-ortho nitro benzene ring substituents is 1. The number of ether oxygens (including phenoxy) is 1. The number of nitrogens with zero attached hydrogens (tertiary/aromatic N) is 2. The molecule has 1 rings (SSSR count). The Balaban J connectivity index is 3.17. The van der Waals surface area contributed by atoms with Gasteiger partial charge in [0.1, 0.15) is 12.2 Å². The predicted octanol–water partition coefficient (Wildman–Crippen LogP) is 1.87. The van der Waals surface area contributed by atoms with E-state index < -0.39 is 33.9 Å². The largest absolute Gasteiger partial charge is 0.468 e. The van der Waals surface area contributed by atoms with E-state index in [1.54, 1.807) is 6.92 Å². The topological polar surface area (TPSA) is 72.7 Å². The molecule has 0 bridgehead atoms. The molecule has 0 radical (unpaired) electrons. The molecule has 0 heterocycles. The Kier molecular flexibility index (Phi) is 4.74. The Morgan fingerprint density at radius 2 is 1.95 bits per heavy atom. The van der Waals surface area contributed by atoms with E-state index in [0.29, 0.717) is 12.1 Å². The van der Waals surface area contributed by atoms with Crippen molar-refractivity contribution in [2.75, 3.05) is 25.1 Å². The molecule has 0 amide bonds. The second kappa shape index (κ2) is 6.07. The fourth-order valence-corrected chi connectivity index (χ4v) is 1.53. The van der Waals surface area contributed by atoms with Crippen LogP contribution >= 0.6 is 0 Å². The smallest absolute Gasteiger partial charge is 0.325 e. The summed E-state index contributed by atoms with van der Waals surface area (Å²) in [5.74, 6) is -2.87. The minimum absolute atomic E-state index is 0.140. The van der Waals surface area contributed by atoms with Crippen LogP contribution in [0.25, 0.3) is 0 Å². The summed E-state index contributed by atoms with van der Waals surface area (Å²) in [5.41, 5.74) is -1.17. The molecule has 0 aromatic heterocycles. The highest BCUT2D eigenvalue weighted by molar-refractivity contribution is 5.76. The quantitative estimate of drug-likeness (QED) is 0.465. The first-order chi connectivity index (χ1) is 8.90. The first-order valence-electron chi connectivity index (χ1n) is 5.35. The number of anilines is 1. The van der Waals surface area contributed by atoms with E-state index in [1.807, 2.05) is 0 Å². The van der Waals surface area contributed by atoms with Crippen molar-refractivity contribution in [1.29, 1.82) is 0 Å².